The largest absolute Gasteiger partial charge is 0.460 e. The van der Waals surface area contributed by atoms with Gasteiger partial charge in [0.2, 0.25) is 0 Å². The average Bonchev–Trinajstić information content (AvgIpc) is 3.04. The Hall–Kier alpha value is -1.70. The van der Waals surface area contributed by atoms with E-state index >= 15 is 0 Å². The molecule has 0 unspecified atom stereocenters. The number of carbonyl (C=O) groups is 2. The topological polar surface area (TPSA) is 157 Å². The van der Waals surface area contributed by atoms with Crippen molar-refractivity contribution in [2.75, 3.05) is 159 Å². The van der Waals surface area contributed by atoms with Crippen molar-refractivity contribution in [3.05, 3.63) is 0 Å². The van der Waals surface area contributed by atoms with Crippen LogP contribution in [-0.2, 0) is 66.4 Å². The van der Waals surface area contributed by atoms with Crippen LogP contribution in [0.3, 0.4) is 0 Å². The lowest BCUT2D eigenvalue weighted by atomic mass is 10.2. The Morgan fingerprint density at radius 3 is 0.863 bits per heavy atom. The van der Waals surface area contributed by atoms with Gasteiger partial charge in [-0.25, -0.2) is 4.79 Å². The van der Waals surface area contributed by atoms with Gasteiger partial charge in [-0.15, -0.1) is 0 Å². The minimum Gasteiger partial charge on any atom is -0.460 e. The lowest BCUT2D eigenvalue weighted by Gasteiger charge is -2.24. The molecule has 51 heavy (non-hydrogen) atoms. The van der Waals surface area contributed by atoms with Crippen LogP contribution in [0.2, 0.25) is 0 Å². The third-order valence-electron chi connectivity index (χ3n) is 5.87. The summed E-state index contributed by atoms with van der Waals surface area (Å²) in [6.45, 7) is 21.6. The highest BCUT2D eigenvalue weighted by Gasteiger charge is 2.19. The summed E-state index contributed by atoms with van der Waals surface area (Å²) in [5, 5.41) is 0. The molecule has 16 heteroatoms. The molecule has 0 rings (SSSR count). The van der Waals surface area contributed by atoms with E-state index in [1.165, 1.54) is 4.90 Å². The van der Waals surface area contributed by atoms with E-state index in [4.69, 9.17) is 61.6 Å². The molecule has 0 saturated carbocycles. The Kier molecular flexibility index (Phi) is 33.0. The van der Waals surface area contributed by atoms with Crippen LogP contribution in [0, 0.1) is 0 Å². The van der Waals surface area contributed by atoms with Crippen LogP contribution in [-0.4, -0.2) is 187 Å². The van der Waals surface area contributed by atoms with E-state index in [0.29, 0.717) is 152 Å². The second kappa shape index (κ2) is 34.1. The van der Waals surface area contributed by atoms with Gasteiger partial charge in [0.05, 0.1) is 152 Å². The highest BCUT2D eigenvalue weighted by atomic mass is 16.6. The molecule has 0 bridgehead atoms. The predicted molar refractivity (Wildman–Crippen MR) is 188 cm³/mol. The van der Waals surface area contributed by atoms with Crippen LogP contribution in [0.5, 0.6) is 0 Å². The highest BCUT2D eigenvalue weighted by molar-refractivity contribution is 5.69. The maximum absolute atomic E-state index is 11.9. The molecule has 0 heterocycles. The molecular formula is C35H69NO15. The van der Waals surface area contributed by atoms with Crippen LogP contribution in [0.15, 0.2) is 0 Å². The van der Waals surface area contributed by atoms with Crippen molar-refractivity contribution in [3.8, 4) is 0 Å². The minimum atomic E-state index is -0.514. The zero-order valence-corrected chi connectivity index (χ0v) is 32.5. The van der Waals surface area contributed by atoms with Gasteiger partial charge in [0.25, 0.3) is 0 Å². The first-order valence-corrected chi connectivity index (χ1v) is 17.9. The summed E-state index contributed by atoms with van der Waals surface area (Å²) in [6, 6.07) is 0. The Balaban J connectivity index is 3.18. The third-order valence-corrected chi connectivity index (χ3v) is 5.87. The number of hydrogen-bond donors (Lipinski definition) is 0. The molecule has 0 aromatic carbocycles. The highest BCUT2D eigenvalue weighted by Crippen LogP contribution is 2.09. The first-order chi connectivity index (χ1) is 24.4. The summed E-state index contributed by atoms with van der Waals surface area (Å²) in [5.41, 5.74) is -0.992. The van der Waals surface area contributed by atoms with E-state index in [9.17, 15) is 9.59 Å². The Bertz CT molecular complexity index is 792. The van der Waals surface area contributed by atoms with Crippen molar-refractivity contribution in [2.24, 2.45) is 0 Å². The van der Waals surface area contributed by atoms with E-state index < -0.39 is 11.2 Å². The number of nitrogens with zero attached hydrogens (tertiary/aromatic N) is 1. The summed E-state index contributed by atoms with van der Waals surface area (Å²) < 4.78 is 70.5. The zero-order valence-electron chi connectivity index (χ0n) is 32.5. The van der Waals surface area contributed by atoms with Crippen LogP contribution in [0.25, 0.3) is 0 Å². The monoisotopic (exact) mass is 743 g/mol. The fourth-order valence-corrected chi connectivity index (χ4v) is 3.48. The molecule has 1 amide bonds. The van der Waals surface area contributed by atoms with Gasteiger partial charge in [-0.05, 0) is 41.5 Å². The standard InChI is InChI=1S/C35H69NO15/c1-34(2,3)50-32(37)8-10-39-12-14-41-16-18-43-20-22-45-24-26-47-28-30-49-31-29-48-27-25-46-23-21-44-19-17-42-15-13-40-11-9-36(7)33(38)51-35(4,5)6/h8-31H2,1-7H3. The number of rotatable bonds is 36. The maximum atomic E-state index is 11.9. The van der Waals surface area contributed by atoms with Crippen molar-refractivity contribution in [2.45, 2.75) is 59.2 Å². The van der Waals surface area contributed by atoms with Crippen LogP contribution in [0.1, 0.15) is 48.0 Å². The van der Waals surface area contributed by atoms with Crippen molar-refractivity contribution in [3.63, 3.8) is 0 Å². The van der Waals surface area contributed by atoms with Gasteiger partial charge in [0, 0.05) is 13.6 Å². The number of likely N-dealkylation sites (N-methyl/N-ethyl adjacent to an activating group) is 1. The lowest BCUT2D eigenvalue weighted by Crippen LogP contribution is -2.36. The second-order valence-corrected chi connectivity index (χ2v) is 13.0. The molecule has 0 aliphatic rings. The smallest absolute Gasteiger partial charge is 0.410 e. The first kappa shape index (κ1) is 49.3. The molecule has 0 radical (unpaired) electrons. The van der Waals surface area contributed by atoms with Crippen molar-refractivity contribution >= 4 is 12.1 Å². The Morgan fingerprint density at radius 2 is 0.608 bits per heavy atom. The molecule has 0 aromatic rings. The van der Waals surface area contributed by atoms with Crippen LogP contribution in [0.4, 0.5) is 4.79 Å². The van der Waals surface area contributed by atoms with E-state index in [1.54, 1.807) is 7.05 Å². The lowest BCUT2D eigenvalue weighted by molar-refractivity contribution is -0.156. The average molecular weight is 744 g/mol. The second-order valence-electron chi connectivity index (χ2n) is 13.0. The summed E-state index contributed by atoms with van der Waals surface area (Å²) in [4.78, 5) is 24.9. The van der Waals surface area contributed by atoms with Crippen molar-refractivity contribution in [1.29, 1.82) is 0 Å². The summed E-state index contributed by atoms with van der Waals surface area (Å²) >= 11 is 0. The van der Waals surface area contributed by atoms with Crippen molar-refractivity contribution < 1.29 is 71.2 Å². The number of hydrogen-bond acceptors (Lipinski definition) is 15. The molecule has 0 spiro atoms. The first-order valence-electron chi connectivity index (χ1n) is 17.9. The van der Waals surface area contributed by atoms with Gasteiger partial charge in [0.15, 0.2) is 0 Å². The van der Waals surface area contributed by atoms with E-state index in [2.05, 4.69) is 0 Å². The van der Waals surface area contributed by atoms with E-state index in [1.807, 2.05) is 41.5 Å². The number of esters is 1. The van der Waals surface area contributed by atoms with Crippen molar-refractivity contribution in [1.82, 2.24) is 4.90 Å². The van der Waals surface area contributed by atoms with Gasteiger partial charge in [0.1, 0.15) is 11.2 Å². The van der Waals surface area contributed by atoms with Gasteiger partial charge in [-0.3, -0.25) is 4.79 Å². The Morgan fingerprint density at radius 1 is 0.373 bits per heavy atom. The van der Waals surface area contributed by atoms with E-state index in [0.717, 1.165) is 0 Å². The summed E-state index contributed by atoms with van der Waals surface area (Å²) in [6.07, 6.45) is -0.140. The maximum Gasteiger partial charge on any atom is 0.410 e. The fourth-order valence-electron chi connectivity index (χ4n) is 3.48. The van der Waals surface area contributed by atoms with Gasteiger partial charge < -0.3 is 66.5 Å². The molecular weight excluding hydrogens is 674 g/mol. The minimum absolute atomic E-state index is 0.228. The fraction of sp³-hybridized carbons (Fsp3) is 0.943. The number of ether oxygens (including phenoxy) is 13. The van der Waals surface area contributed by atoms with Gasteiger partial charge >= 0.3 is 12.1 Å². The van der Waals surface area contributed by atoms with E-state index in [-0.39, 0.29) is 18.5 Å². The molecule has 0 aliphatic carbocycles. The molecule has 304 valence electrons. The molecule has 0 N–H and O–H groups in total. The quantitative estimate of drug-likeness (QED) is 0.0681. The van der Waals surface area contributed by atoms with Crippen LogP contribution >= 0.6 is 0 Å². The molecule has 16 nitrogen and oxygen atoms in total. The molecule has 0 aliphatic heterocycles. The van der Waals surface area contributed by atoms with Gasteiger partial charge in [-0.1, -0.05) is 0 Å². The predicted octanol–water partition coefficient (Wildman–Crippen LogP) is 2.77. The molecule has 0 fully saturated rings. The van der Waals surface area contributed by atoms with Crippen LogP contribution < -0.4 is 0 Å². The summed E-state index contributed by atoms with van der Waals surface area (Å²) in [7, 11) is 1.68. The summed E-state index contributed by atoms with van der Waals surface area (Å²) in [5.74, 6) is -0.268. The zero-order chi connectivity index (χ0) is 37.9. The number of carbonyl (C=O) groups excluding carboxylic acids is 2. The number of amides is 1. The molecule has 0 atom stereocenters. The normalized spacial score (nSPS) is 12.0. The van der Waals surface area contributed by atoms with Gasteiger partial charge in [-0.2, -0.15) is 0 Å². The molecule has 0 aromatic heterocycles. The third kappa shape index (κ3) is 40.9. The Labute approximate surface area is 306 Å². The molecule has 0 saturated heterocycles. The SMILES string of the molecule is CN(CCOCCOCCOCCOCCOCCOCCOCCOCCOCCOCCOCCC(=O)OC(C)(C)C)C(=O)OC(C)(C)C.